The third kappa shape index (κ3) is 7.66. The Hall–Kier alpha value is -1.22. The lowest BCUT2D eigenvalue weighted by molar-refractivity contribution is -0.284. The number of alkyl halides is 5. The molecule has 2 N–H and O–H groups in total. The van der Waals surface area contributed by atoms with E-state index in [1.807, 2.05) is 12.1 Å². The number of fused-ring (bicyclic) bond motifs is 5. The molecule has 0 heterocycles. The standard InChI is InChI=1S/C32H47F5O3S/c1-30-17-15-26-25-12-11-24(38)21-23(25)20-22(29(26)27(30)13-14-28(30)39)10-7-5-3-2-4-6-8-18-41(40)19-9-16-31(33,34)32(35,36)37/h11-12,21-22,26-29,38-39H,2-10,13-20H2,1H3/t22-,26+,27-,28-,29-,30-,41+/m0/s1. The molecule has 1 aromatic rings. The first kappa shape index (κ1) is 32.7. The van der Waals surface area contributed by atoms with Gasteiger partial charge in [-0.3, -0.25) is 4.21 Å². The van der Waals surface area contributed by atoms with Gasteiger partial charge in [-0.05, 0) is 104 Å². The highest BCUT2D eigenvalue weighted by Crippen LogP contribution is 2.62. The van der Waals surface area contributed by atoms with Crippen molar-refractivity contribution < 1.29 is 36.4 Å². The fraction of sp³-hybridized carbons (Fsp3) is 0.812. The second kappa shape index (κ2) is 13.6. The number of aliphatic hydroxyl groups is 1. The van der Waals surface area contributed by atoms with E-state index in [0.29, 0.717) is 41.6 Å². The number of phenols is 1. The number of hydrogen-bond donors (Lipinski definition) is 2. The van der Waals surface area contributed by atoms with E-state index in [9.17, 15) is 36.4 Å². The van der Waals surface area contributed by atoms with E-state index in [0.717, 1.165) is 77.0 Å². The molecule has 3 nitrogen and oxygen atoms in total. The van der Waals surface area contributed by atoms with Gasteiger partial charge in [0, 0.05) is 28.7 Å². The summed E-state index contributed by atoms with van der Waals surface area (Å²) in [6.45, 7) is 2.30. The zero-order chi connectivity index (χ0) is 29.8. The van der Waals surface area contributed by atoms with E-state index in [1.54, 1.807) is 0 Å². The van der Waals surface area contributed by atoms with Crippen molar-refractivity contribution in [3.05, 3.63) is 29.3 Å². The van der Waals surface area contributed by atoms with Crippen molar-refractivity contribution in [2.75, 3.05) is 11.5 Å². The molecular weight excluding hydrogens is 559 g/mol. The Bertz CT molecular complexity index is 1030. The molecule has 4 rings (SSSR count). The van der Waals surface area contributed by atoms with Crippen LogP contribution in [-0.4, -0.2) is 44.1 Å². The molecule has 0 amide bonds. The highest BCUT2D eigenvalue weighted by atomic mass is 32.2. The molecule has 3 aliphatic rings. The summed E-state index contributed by atoms with van der Waals surface area (Å²) in [6, 6.07) is 5.92. The largest absolute Gasteiger partial charge is 0.508 e. The molecule has 0 spiro atoms. The summed E-state index contributed by atoms with van der Waals surface area (Å²) >= 11 is 0. The van der Waals surface area contributed by atoms with Gasteiger partial charge in [-0.2, -0.15) is 22.0 Å². The summed E-state index contributed by atoms with van der Waals surface area (Å²) in [5.41, 5.74) is 2.73. The Morgan fingerprint density at radius 3 is 2.29 bits per heavy atom. The van der Waals surface area contributed by atoms with E-state index >= 15 is 0 Å². The van der Waals surface area contributed by atoms with Crippen LogP contribution in [0.2, 0.25) is 0 Å². The molecule has 0 unspecified atom stereocenters. The zero-order valence-corrected chi connectivity index (χ0v) is 25.1. The summed E-state index contributed by atoms with van der Waals surface area (Å²) in [6.07, 6.45) is 5.97. The molecule has 3 aliphatic carbocycles. The van der Waals surface area contributed by atoms with Crippen molar-refractivity contribution in [3.63, 3.8) is 0 Å². The minimum Gasteiger partial charge on any atom is -0.508 e. The molecule has 0 aromatic heterocycles. The molecule has 234 valence electrons. The van der Waals surface area contributed by atoms with Gasteiger partial charge in [-0.25, -0.2) is 0 Å². The van der Waals surface area contributed by atoms with Crippen LogP contribution in [0.1, 0.15) is 114 Å². The van der Waals surface area contributed by atoms with Crippen LogP contribution in [0.25, 0.3) is 0 Å². The van der Waals surface area contributed by atoms with Gasteiger partial charge in [-0.1, -0.05) is 51.5 Å². The molecule has 1 aromatic carbocycles. The number of unbranched alkanes of at least 4 members (excludes halogenated alkanes) is 6. The monoisotopic (exact) mass is 606 g/mol. The molecule has 2 fully saturated rings. The van der Waals surface area contributed by atoms with Crippen LogP contribution in [-0.2, 0) is 17.2 Å². The molecule has 9 heteroatoms. The normalized spacial score (nSPS) is 30.5. The van der Waals surface area contributed by atoms with Gasteiger partial charge in [0.15, 0.2) is 0 Å². The maximum Gasteiger partial charge on any atom is 0.453 e. The van der Waals surface area contributed by atoms with Crippen LogP contribution in [0.5, 0.6) is 5.75 Å². The van der Waals surface area contributed by atoms with Crippen LogP contribution >= 0.6 is 0 Å². The Kier molecular flexibility index (Phi) is 10.8. The Morgan fingerprint density at radius 2 is 1.59 bits per heavy atom. The highest BCUT2D eigenvalue weighted by Gasteiger charge is 2.57. The van der Waals surface area contributed by atoms with E-state index in [4.69, 9.17) is 0 Å². The summed E-state index contributed by atoms with van der Waals surface area (Å²) in [7, 11) is -1.35. The number of aliphatic hydroxyl groups excluding tert-OH is 1. The average Bonchev–Trinajstić information content (AvgIpc) is 3.20. The van der Waals surface area contributed by atoms with E-state index in [-0.39, 0.29) is 17.3 Å². The third-order valence-corrected chi connectivity index (χ3v) is 12.0. The highest BCUT2D eigenvalue weighted by molar-refractivity contribution is 7.84. The van der Waals surface area contributed by atoms with Crippen molar-refractivity contribution in [1.82, 2.24) is 0 Å². The number of hydrogen-bond acceptors (Lipinski definition) is 3. The van der Waals surface area contributed by atoms with Gasteiger partial charge < -0.3 is 10.2 Å². The lowest BCUT2D eigenvalue weighted by Gasteiger charge is -2.53. The van der Waals surface area contributed by atoms with Crippen molar-refractivity contribution >= 4 is 10.8 Å². The zero-order valence-electron chi connectivity index (χ0n) is 24.2. The molecule has 2 saturated carbocycles. The number of benzene rings is 1. The summed E-state index contributed by atoms with van der Waals surface area (Å²) < 4.78 is 74.5. The topological polar surface area (TPSA) is 57.5 Å². The summed E-state index contributed by atoms with van der Waals surface area (Å²) in [5.74, 6) is -1.91. The second-order valence-corrected chi connectivity index (χ2v) is 14.9. The minimum atomic E-state index is -5.54. The molecule has 41 heavy (non-hydrogen) atoms. The summed E-state index contributed by atoms with van der Waals surface area (Å²) in [5, 5.41) is 21.0. The quantitative estimate of drug-likeness (QED) is 0.165. The van der Waals surface area contributed by atoms with Gasteiger partial charge in [0.2, 0.25) is 0 Å². The molecule has 7 atom stereocenters. The Labute approximate surface area is 244 Å². The first-order valence-corrected chi connectivity index (χ1v) is 17.1. The number of rotatable bonds is 14. The minimum absolute atomic E-state index is 0.0195. The molecule has 0 aliphatic heterocycles. The number of phenolic OH excluding ortho intramolecular Hbond substituents is 1. The van der Waals surface area contributed by atoms with Gasteiger partial charge in [-0.15, -0.1) is 0 Å². The van der Waals surface area contributed by atoms with Crippen LogP contribution in [0.3, 0.4) is 0 Å². The first-order valence-electron chi connectivity index (χ1n) is 15.6. The van der Waals surface area contributed by atoms with Gasteiger partial charge >= 0.3 is 12.1 Å². The number of aromatic hydroxyl groups is 1. The predicted molar refractivity (Wildman–Crippen MR) is 153 cm³/mol. The van der Waals surface area contributed by atoms with Gasteiger partial charge in [0.05, 0.1) is 6.10 Å². The first-order chi connectivity index (χ1) is 19.3. The predicted octanol–water partition coefficient (Wildman–Crippen LogP) is 8.68. The van der Waals surface area contributed by atoms with Crippen molar-refractivity contribution in [3.8, 4) is 5.75 Å². The molecule has 0 bridgehead atoms. The van der Waals surface area contributed by atoms with Crippen LogP contribution in [0, 0.1) is 23.2 Å². The molecule has 0 saturated heterocycles. The van der Waals surface area contributed by atoms with Crippen molar-refractivity contribution in [2.45, 2.75) is 127 Å². The average molecular weight is 607 g/mol. The van der Waals surface area contributed by atoms with Crippen LogP contribution in [0.15, 0.2) is 18.2 Å². The smallest absolute Gasteiger partial charge is 0.453 e. The third-order valence-electron chi connectivity index (χ3n) is 10.6. The lowest BCUT2D eigenvalue weighted by Crippen LogP contribution is -2.47. The van der Waals surface area contributed by atoms with Crippen LogP contribution in [0.4, 0.5) is 22.0 Å². The van der Waals surface area contributed by atoms with Crippen LogP contribution < -0.4 is 0 Å². The Balaban J connectivity index is 1.15. The maximum absolute atomic E-state index is 13.0. The number of halogens is 5. The second-order valence-electron chi connectivity index (χ2n) is 13.2. The maximum atomic E-state index is 13.0. The fourth-order valence-corrected chi connectivity index (χ4v) is 9.48. The molecular formula is C32H47F5O3S. The Morgan fingerprint density at radius 1 is 0.927 bits per heavy atom. The fourth-order valence-electron chi connectivity index (χ4n) is 8.28. The van der Waals surface area contributed by atoms with E-state index < -0.39 is 35.7 Å². The van der Waals surface area contributed by atoms with Crippen molar-refractivity contribution in [2.24, 2.45) is 23.2 Å². The van der Waals surface area contributed by atoms with E-state index in [1.165, 1.54) is 11.1 Å². The molecule has 0 radical (unpaired) electrons. The SMILES string of the molecule is C[C@]12CC[C@@H]3c4ccc(O)cc4C[C@H](CCCCCCCCC[S@@](=O)CCCC(F)(F)C(F)(F)F)[C@@H]3[C@@H]1CC[C@@H]2O. The van der Waals surface area contributed by atoms with E-state index in [2.05, 4.69) is 13.0 Å². The van der Waals surface area contributed by atoms with Gasteiger partial charge in [0.25, 0.3) is 0 Å². The summed E-state index contributed by atoms with van der Waals surface area (Å²) in [4.78, 5) is 0. The van der Waals surface area contributed by atoms with Crippen molar-refractivity contribution in [1.29, 1.82) is 0 Å². The lowest BCUT2D eigenvalue weighted by atomic mass is 9.52. The van der Waals surface area contributed by atoms with Gasteiger partial charge in [0.1, 0.15) is 5.75 Å².